The fourth-order valence-corrected chi connectivity index (χ4v) is 2.65. The monoisotopic (exact) mass is 364 g/mol. The van der Waals surface area contributed by atoms with Crippen LogP contribution in [0.15, 0.2) is 29.7 Å². The Hall–Kier alpha value is -1.74. The van der Waals surface area contributed by atoms with Gasteiger partial charge in [0.2, 0.25) is 5.91 Å². The van der Waals surface area contributed by atoms with Gasteiger partial charge in [-0.2, -0.15) is 13.2 Å². The van der Waals surface area contributed by atoms with E-state index >= 15 is 0 Å². The van der Waals surface area contributed by atoms with Crippen molar-refractivity contribution < 1.29 is 18.0 Å². The van der Waals surface area contributed by atoms with E-state index in [-0.39, 0.29) is 10.7 Å². The smallest absolute Gasteiger partial charge is 0.325 e. The lowest BCUT2D eigenvalue weighted by Gasteiger charge is -2.16. The number of hydrogen-bond donors (Lipinski definition) is 1. The molecule has 2 rings (SSSR count). The van der Waals surface area contributed by atoms with E-state index in [1.807, 2.05) is 0 Å². The van der Waals surface area contributed by atoms with Crippen molar-refractivity contribution in [2.24, 2.45) is 7.05 Å². The molecule has 0 spiro atoms. The van der Waals surface area contributed by atoms with Crippen LogP contribution in [-0.4, -0.2) is 25.9 Å². The van der Waals surface area contributed by atoms with Crippen LogP contribution in [0.5, 0.6) is 0 Å². The third-order valence-electron chi connectivity index (χ3n) is 2.87. The van der Waals surface area contributed by atoms with E-state index in [0.29, 0.717) is 5.16 Å². The van der Waals surface area contributed by atoms with Crippen LogP contribution >= 0.6 is 23.4 Å². The van der Waals surface area contributed by atoms with Gasteiger partial charge in [-0.3, -0.25) is 4.79 Å². The second-order valence-corrected chi connectivity index (χ2v) is 6.41. The first-order valence-electron chi connectivity index (χ1n) is 6.36. The number of carbonyl (C=O) groups is 1. The Morgan fingerprint density at radius 2 is 2.13 bits per heavy atom. The van der Waals surface area contributed by atoms with Gasteiger partial charge >= 0.3 is 6.18 Å². The van der Waals surface area contributed by atoms with Gasteiger partial charge < -0.3 is 9.88 Å². The molecule has 1 unspecified atom stereocenters. The lowest BCUT2D eigenvalue weighted by Crippen LogP contribution is -2.24. The summed E-state index contributed by atoms with van der Waals surface area (Å²) >= 11 is 6.69. The minimum Gasteiger partial charge on any atom is -0.325 e. The molecule has 23 heavy (non-hydrogen) atoms. The lowest BCUT2D eigenvalue weighted by molar-refractivity contribution is -0.137. The zero-order chi connectivity index (χ0) is 17.2. The fraction of sp³-hybridized carbons (Fsp3) is 0.308. The van der Waals surface area contributed by atoms with Crippen LogP contribution in [-0.2, 0) is 18.0 Å². The van der Waals surface area contributed by atoms with Gasteiger partial charge in [-0.05, 0) is 25.1 Å². The lowest BCUT2D eigenvalue weighted by atomic mass is 10.1. The molecule has 1 heterocycles. The van der Waals surface area contributed by atoms with Crippen LogP contribution in [0.1, 0.15) is 12.5 Å². The van der Waals surface area contributed by atoms with Crippen LogP contribution < -0.4 is 5.32 Å². The van der Waals surface area contributed by atoms with E-state index in [1.165, 1.54) is 12.4 Å². The van der Waals surface area contributed by atoms with E-state index in [1.54, 1.807) is 18.5 Å². The predicted molar refractivity (Wildman–Crippen MR) is 81.4 cm³/mol. The Morgan fingerprint density at radius 1 is 1.43 bits per heavy atom. The van der Waals surface area contributed by atoms with E-state index in [0.717, 1.165) is 23.9 Å². The molecule has 10 heteroatoms. The summed E-state index contributed by atoms with van der Waals surface area (Å²) in [5.41, 5.74) is -1.33. The van der Waals surface area contributed by atoms with Gasteiger partial charge in [-0.25, -0.2) is 0 Å². The highest BCUT2D eigenvalue weighted by molar-refractivity contribution is 8.00. The number of nitrogens with zero attached hydrogens (tertiary/aromatic N) is 3. The normalized spacial score (nSPS) is 13.0. The molecule has 0 radical (unpaired) electrons. The number of rotatable bonds is 4. The van der Waals surface area contributed by atoms with Crippen molar-refractivity contribution in [1.82, 2.24) is 14.8 Å². The molecule has 0 saturated carbocycles. The average molecular weight is 365 g/mol. The van der Waals surface area contributed by atoms with Crippen LogP contribution in [0.4, 0.5) is 18.9 Å². The van der Waals surface area contributed by atoms with Crippen molar-refractivity contribution in [2.45, 2.75) is 23.5 Å². The Kier molecular flexibility index (Phi) is 5.20. The Morgan fingerprint density at radius 3 is 2.70 bits per heavy atom. The van der Waals surface area contributed by atoms with Gasteiger partial charge in [-0.15, -0.1) is 10.2 Å². The second kappa shape index (κ2) is 6.79. The number of benzene rings is 1. The van der Waals surface area contributed by atoms with Crippen molar-refractivity contribution in [3.63, 3.8) is 0 Å². The van der Waals surface area contributed by atoms with Gasteiger partial charge in [0.1, 0.15) is 6.33 Å². The summed E-state index contributed by atoms with van der Waals surface area (Å²) in [7, 11) is 1.70. The number of aryl methyl sites for hydroxylation is 1. The third-order valence-corrected chi connectivity index (χ3v) is 4.25. The SMILES string of the molecule is CC(Sc1nncn1C)C(=O)Nc1ccc(Cl)cc1C(F)(F)F. The van der Waals surface area contributed by atoms with Crippen molar-refractivity contribution in [1.29, 1.82) is 0 Å². The van der Waals surface area contributed by atoms with Crippen LogP contribution in [0, 0.1) is 0 Å². The first kappa shape index (κ1) is 17.6. The Labute approximate surface area is 139 Å². The van der Waals surface area contributed by atoms with Crippen LogP contribution in [0.25, 0.3) is 0 Å². The predicted octanol–water partition coefficient (Wildman–Crippen LogP) is 3.61. The zero-order valence-corrected chi connectivity index (χ0v) is 13.6. The minimum absolute atomic E-state index is 0.0585. The molecule has 0 saturated heterocycles. The standard InChI is InChI=1S/C13H12ClF3N4OS/c1-7(23-12-20-18-6-21(12)2)11(22)19-10-4-3-8(14)5-9(10)13(15,16)17/h3-7H,1-2H3,(H,19,22). The number of carbonyl (C=O) groups excluding carboxylic acids is 1. The maximum absolute atomic E-state index is 13.0. The minimum atomic E-state index is -4.62. The first-order chi connectivity index (χ1) is 10.7. The highest BCUT2D eigenvalue weighted by Gasteiger charge is 2.34. The van der Waals surface area contributed by atoms with E-state index in [2.05, 4.69) is 15.5 Å². The summed E-state index contributed by atoms with van der Waals surface area (Å²) in [5, 5.41) is 9.53. The summed E-state index contributed by atoms with van der Waals surface area (Å²) in [6.45, 7) is 1.57. The van der Waals surface area contributed by atoms with Crippen molar-refractivity contribution in [3.8, 4) is 0 Å². The van der Waals surface area contributed by atoms with Gasteiger partial charge in [-0.1, -0.05) is 23.4 Å². The summed E-state index contributed by atoms with van der Waals surface area (Å²) in [6, 6.07) is 3.19. The molecule has 1 aromatic carbocycles. The molecule has 0 aliphatic rings. The topological polar surface area (TPSA) is 59.8 Å². The Balaban J connectivity index is 2.15. The molecule has 1 atom stereocenters. The molecule has 5 nitrogen and oxygen atoms in total. The number of aromatic nitrogens is 3. The highest BCUT2D eigenvalue weighted by Crippen LogP contribution is 2.36. The maximum Gasteiger partial charge on any atom is 0.418 e. The van der Waals surface area contributed by atoms with Crippen LogP contribution in [0.2, 0.25) is 5.02 Å². The average Bonchev–Trinajstić information content (AvgIpc) is 2.85. The quantitative estimate of drug-likeness (QED) is 0.842. The van der Waals surface area contributed by atoms with Gasteiger partial charge in [0.15, 0.2) is 5.16 Å². The number of nitrogens with one attached hydrogen (secondary N) is 1. The number of thioether (sulfide) groups is 1. The Bertz CT molecular complexity index is 719. The molecule has 0 aliphatic carbocycles. The van der Waals surface area contributed by atoms with E-state index in [9.17, 15) is 18.0 Å². The summed E-state index contributed by atoms with van der Waals surface area (Å²) in [4.78, 5) is 12.1. The van der Waals surface area contributed by atoms with Crippen molar-refractivity contribution >= 4 is 35.0 Å². The van der Waals surface area contributed by atoms with Crippen molar-refractivity contribution in [2.75, 3.05) is 5.32 Å². The molecule has 124 valence electrons. The first-order valence-corrected chi connectivity index (χ1v) is 7.62. The summed E-state index contributed by atoms with van der Waals surface area (Å²) < 4.78 is 40.6. The fourth-order valence-electron chi connectivity index (χ4n) is 1.69. The van der Waals surface area contributed by atoms with E-state index in [4.69, 9.17) is 11.6 Å². The molecule has 1 aromatic heterocycles. The largest absolute Gasteiger partial charge is 0.418 e. The number of hydrogen-bond acceptors (Lipinski definition) is 4. The number of halogens is 4. The molecular formula is C13H12ClF3N4OS. The third kappa shape index (κ3) is 4.38. The number of alkyl halides is 3. The van der Waals surface area contributed by atoms with Crippen molar-refractivity contribution in [3.05, 3.63) is 35.1 Å². The van der Waals surface area contributed by atoms with E-state index < -0.39 is 22.9 Å². The molecule has 1 N–H and O–H groups in total. The second-order valence-electron chi connectivity index (χ2n) is 4.66. The molecule has 0 fully saturated rings. The zero-order valence-electron chi connectivity index (χ0n) is 12.1. The molecular weight excluding hydrogens is 353 g/mol. The maximum atomic E-state index is 13.0. The molecule has 0 aliphatic heterocycles. The van der Waals surface area contributed by atoms with Gasteiger partial charge in [0.05, 0.1) is 16.5 Å². The highest BCUT2D eigenvalue weighted by atomic mass is 35.5. The van der Waals surface area contributed by atoms with Gasteiger partial charge in [0.25, 0.3) is 0 Å². The number of amides is 1. The van der Waals surface area contributed by atoms with Gasteiger partial charge in [0, 0.05) is 12.1 Å². The molecule has 2 aromatic rings. The molecule has 0 bridgehead atoms. The number of anilines is 1. The summed E-state index contributed by atoms with van der Waals surface area (Å²) in [5.74, 6) is -0.578. The summed E-state index contributed by atoms with van der Waals surface area (Å²) in [6.07, 6.45) is -3.15. The molecule has 1 amide bonds. The van der Waals surface area contributed by atoms with Crippen LogP contribution in [0.3, 0.4) is 0 Å².